The van der Waals surface area contributed by atoms with Crippen LogP contribution in [0.25, 0.3) is 21.3 Å². The molecule has 12 heteroatoms. The molecule has 0 unspecified atom stereocenters. The van der Waals surface area contributed by atoms with Crippen LogP contribution in [0, 0.1) is 0 Å². The number of nitrogens with zero attached hydrogens (tertiary/aromatic N) is 6. The first kappa shape index (κ1) is 32.8. The van der Waals surface area contributed by atoms with Crippen molar-refractivity contribution in [3.05, 3.63) is 53.7 Å². The highest BCUT2D eigenvalue weighted by molar-refractivity contribution is 7.22. The van der Waals surface area contributed by atoms with E-state index in [9.17, 15) is 14.4 Å². The number of unbranched alkanes of at least 4 members (excludes halogenated alkanes) is 2. The number of imide groups is 1. The maximum absolute atomic E-state index is 14.0. The predicted octanol–water partition coefficient (Wildman–Crippen LogP) is 4.88. The average molecular weight is 658 g/mol. The molecular weight excluding hydrogens is 614 g/mol. The number of ether oxygens (including phenoxy) is 1. The summed E-state index contributed by atoms with van der Waals surface area (Å²) in [5, 5.41) is 4.89. The molecule has 5 heterocycles. The minimum absolute atomic E-state index is 0.0388. The number of fused-ring (bicyclic) bond motifs is 4. The molecule has 0 bridgehead atoms. The number of aryl methyl sites for hydroxylation is 2. The molecule has 4 aromatic rings. The van der Waals surface area contributed by atoms with E-state index in [4.69, 9.17) is 14.7 Å². The minimum Gasteiger partial charge on any atom is -0.378 e. The average Bonchev–Trinajstić information content (AvgIpc) is 3.75. The first-order valence-corrected chi connectivity index (χ1v) is 17.4. The van der Waals surface area contributed by atoms with Crippen LogP contribution >= 0.6 is 11.3 Å². The summed E-state index contributed by atoms with van der Waals surface area (Å²) in [5.74, 6) is 0.0350. The van der Waals surface area contributed by atoms with Crippen molar-refractivity contribution in [3.63, 3.8) is 0 Å². The number of pyridine rings is 1. The van der Waals surface area contributed by atoms with Gasteiger partial charge >= 0.3 is 0 Å². The molecule has 3 aromatic heterocycles. The second-order valence-electron chi connectivity index (χ2n) is 12.2. The Hall–Kier alpha value is -4.13. The van der Waals surface area contributed by atoms with Crippen LogP contribution in [0.4, 0.5) is 16.6 Å². The van der Waals surface area contributed by atoms with E-state index in [0.717, 1.165) is 59.0 Å². The molecule has 1 fully saturated rings. The number of morpholine rings is 1. The lowest BCUT2D eigenvalue weighted by Gasteiger charge is -2.25. The van der Waals surface area contributed by atoms with Crippen LogP contribution in [-0.2, 0) is 39.0 Å². The molecule has 0 atom stereocenters. The third-order valence-corrected chi connectivity index (χ3v) is 9.98. The van der Waals surface area contributed by atoms with E-state index < -0.39 is 0 Å². The number of carbonyl (C=O) groups excluding carboxylic acids is 3. The summed E-state index contributed by atoms with van der Waals surface area (Å²) in [6.45, 7) is 3.40. The Kier molecular flexibility index (Phi) is 10.3. The third kappa shape index (κ3) is 6.95. The molecule has 3 amide bonds. The van der Waals surface area contributed by atoms with Crippen LogP contribution in [-0.4, -0.2) is 84.1 Å². The topological polar surface area (TPSA) is 113 Å². The van der Waals surface area contributed by atoms with E-state index in [2.05, 4.69) is 27.9 Å². The molecule has 7 rings (SSSR count). The molecule has 248 valence electrons. The lowest BCUT2D eigenvalue weighted by molar-refractivity contribution is -0.136. The van der Waals surface area contributed by atoms with E-state index in [0.29, 0.717) is 44.8 Å². The number of rotatable bonds is 9. The van der Waals surface area contributed by atoms with Gasteiger partial charge in [0.15, 0.2) is 5.13 Å². The van der Waals surface area contributed by atoms with Crippen LogP contribution in [0.15, 0.2) is 42.5 Å². The summed E-state index contributed by atoms with van der Waals surface area (Å²) in [7, 11) is 5.83. The van der Waals surface area contributed by atoms with Gasteiger partial charge in [-0.1, -0.05) is 17.8 Å². The number of aromatic nitrogens is 3. The molecule has 0 saturated carbocycles. The molecule has 3 aliphatic rings. The van der Waals surface area contributed by atoms with E-state index in [1.54, 1.807) is 16.2 Å². The van der Waals surface area contributed by atoms with E-state index in [-0.39, 0.29) is 17.7 Å². The summed E-state index contributed by atoms with van der Waals surface area (Å²) in [5.41, 5.74) is 5.32. The number of thiazole rings is 1. The Bertz CT molecular complexity index is 1790. The molecule has 47 heavy (non-hydrogen) atoms. The normalized spacial score (nSPS) is 16.1. The highest BCUT2D eigenvalue weighted by Crippen LogP contribution is 2.37. The Labute approximate surface area is 279 Å². The molecule has 1 aromatic carbocycles. The van der Waals surface area contributed by atoms with Gasteiger partial charge in [0.05, 0.1) is 29.1 Å². The lowest BCUT2D eigenvalue weighted by Crippen LogP contribution is -2.36. The summed E-state index contributed by atoms with van der Waals surface area (Å²) < 4.78 is 8.74. The van der Waals surface area contributed by atoms with Crippen molar-refractivity contribution in [2.75, 3.05) is 56.7 Å². The van der Waals surface area contributed by atoms with Gasteiger partial charge in [-0.3, -0.25) is 24.2 Å². The van der Waals surface area contributed by atoms with E-state index in [1.807, 2.05) is 38.4 Å². The van der Waals surface area contributed by atoms with Gasteiger partial charge in [-0.25, -0.2) is 9.97 Å². The van der Waals surface area contributed by atoms with Gasteiger partial charge in [0.25, 0.3) is 11.8 Å². The Balaban J connectivity index is 0.00000124. The van der Waals surface area contributed by atoms with Crippen LogP contribution in [0.2, 0.25) is 0 Å². The van der Waals surface area contributed by atoms with Gasteiger partial charge in [-0.15, -0.1) is 0 Å². The number of amides is 3. The van der Waals surface area contributed by atoms with Crippen molar-refractivity contribution in [3.8, 4) is 0 Å². The summed E-state index contributed by atoms with van der Waals surface area (Å²) in [6.07, 6.45) is 9.46. The fourth-order valence-electron chi connectivity index (χ4n) is 6.55. The zero-order valence-electron chi connectivity index (χ0n) is 27.5. The first-order chi connectivity index (χ1) is 22.9. The molecule has 1 saturated heterocycles. The maximum Gasteiger partial charge on any atom is 0.253 e. The number of carbonyl (C=O) groups is 3. The third-order valence-electron chi connectivity index (χ3n) is 8.90. The first-order valence-electron chi connectivity index (χ1n) is 16.5. The van der Waals surface area contributed by atoms with E-state index >= 15 is 0 Å². The number of benzene rings is 1. The van der Waals surface area contributed by atoms with Crippen molar-refractivity contribution in [2.45, 2.75) is 51.4 Å². The SMILES string of the molecule is CNC.Cn1c2c(c3ccc(N(C(=O)CCCCCN4C(=O)C=CC4=O)c4ccc5nc(N6CCOCC6)sc5c4)nc31)CCCC2. The van der Waals surface area contributed by atoms with Crippen molar-refractivity contribution in [1.29, 1.82) is 0 Å². The molecule has 0 spiro atoms. The second kappa shape index (κ2) is 14.7. The highest BCUT2D eigenvalue weighted by Gasteiger charge is 2.25. The fraction of sp³-hybridized carbons (Fsp3) is 0.457. The Morgan fingerprint density at radius 2 is 1.72 bits per heavy atom. The van der Waals surface area contributed by atoms with Gasteiger partial charge in [0, 0.05) is 56.3 Å². The fourth-order valence-corrected chi connectivity index (χ4v) is 7.60. The molecule has 0 radical (unpaired) electrons. The lowest BCUT2D eigenvalue weighted by atomic mass is 9.96. The van der Waals surface area contributed by atoms with Crippen LogP contribution < -0.4 is 15.1 Å². The van der Waals surface area contributed by atoms with Gasteiger partial charge < -0.3 is 19.5 Å². The zero-order chi connectivity index (χ0) is 32.9. The van der Waals surface area contributed by atoms with Crippen molar-refractivity contribution < 1.29 is 19.1 Å². The predicted molar refractivity (Wildman–Crippen MR) is 186 cm³/mol. The standard InChI is InChI=1S/C33H36N6O4S.C2H7N/c1-36-26-8-5-4-7-23(26)24-11-13-28(35-32(24)36)39(31(42)9-3-2-6-16-38-29(40)14-15-30(38)41)22-10-12-25-27(21-22)44-33(34-25)37-17-19-43-20-18-37;1-3-2/h10-15,21H,2-9,16-20H2,1H3;3H,1-2H3. The number of anilines is 3. The number of nitrogens with one attached hydrogen (secondary N) is 1. The van der Waals surface area contributed by atoms with Crippen LogP contribution in [0.3, 0.4) is 0 Å². The Morgan fingerprint density at radius 3 is 2.49 bits per heavy atom. The van der Waals surface area contributed by atoms with Crippen molar-refractivity contribution >= 4 is 66.9 Å². The Morgan fingerprint density at radius 1 is 0.979 bits per heavy atom. The maximum atomic E-state index is 14.0. The molecule has 1 N–H and O–H groups in total. The second-order valence-corrected chi connectivity index (χ2v) is 13.2. The van der Waals surface area contributed by atoms with Crippen molar-refractivity contribution in [1.82, 2.24) is 24.8 Å². The highest BCUT2D eigenvalue weighted by atomic mass is 32.1. The van der Waals surface area contributed by atoms with Gasteiger partial charge in [0.1, 0.15) is 11.5 Å². The van der Waals surface area contributed by atoms with Gasteiger partial charge in [-0.2, -0.15) is 0 Å². The number of hydrogen-bond acceptors (Lipinski definition) is 9. The summed E-state index contributed by atoms with van der Waals surface area (Å²) in [4.78, 5) is 52.9. The van der Waals surface area contributed by atoms with Gasteiger partial charge in [0.2, 0.25) is 5.91 Å². The summed E-state index contributed by atoms with van der Waals surface area (Å²) in [6, 6.07) is 10.1. The van der Waals surface area contributed by atoms with Crippen LogP contribution in [0.1, 0.15) is 49.8 Å². The van der Waals surface area contributed by atoms with Gasteiger partial charge in [-0.05, 0) is 88.5 Å². The van der Waals surface area contributed by atoms with Crippen LogP contribution in [0.5, 0.6) is 0 Å². The quantitative estimate of drug-likeness (QED) is 0.200. The molecule has 1 aliphatic carbocycles. The van der Waals surface area contributed by atoms with Crippen molar-refractivity contribution in [2.24, 2.45) is 7.05 Å². The largest absolute Gasteiger partial charge is 0.378 e. The minimum atomic E-state index is -0.267. The zero-order valence-corrected chi connectivity index (χ0v) is 28.3. The van der Waals surface area contributed by atoms with E-state index in [1.165, 1.54) is 46.5 Å². The molecular formula is C35H43N7O4S. The smallest absolute Gasteiger partial charge is 0.253 e. The molecule has 11 nitrogen and oxygen atoms in total. The number of hydrogen-bond donors (Lipinski definition) is 1. The molecule has 2 aliphatic heterocycles. The summed E-state index contributed by atoms with van der Waals surface area (Å²) >= 11 is 1.63. The monoisotopic (exact) mass is 657 g/mol.